The molecule has 0 aliphatic heterocycles. The molecule has 2 atom stereocenters. The van der Waals surface area contributed by atoms with Crippen molar-refractivity contribution in [3.05, 3.63) is 11.4 Å². The fourth-order valence-electron chi connectivity index (χ4n) is 2.77. The predicted molar refractivity (Wildman–Crippen MR) is 80.6 cm³/mol. The van der Waals surface area contributed by atoms with Gasteiger partial charge in [0.2, 0.25) is 5.88 Å². The summed E-state index contributed by atoms with van der Waals surface area (Å²) in [6, 6.07) is 0. The zero-order chi connectivity index (χ0) is 14.5. The summed E-state index contributed by atoms with van der Waals surface area (Å²) in [5.74, 6) is 8.43. The summed E-state index contributed by atoms with van der Waals surface area (Å²) in [6.45, 7) is 6.35. The molecule has 0 spiro atoms. The van der Waals surface area contributed by atoms with Crippen molar-refractivity contribution in [2.24, 2.45) is 11.8 Å². The van der Waals surface area contributed by atoms with Crippen LogP contribution >= 0.6 is 0 Å². The Morgan fingerprint density at radius 2 is 2.15 bits per heavy atom. The van der Waals surface area contributed by atoms with E-state index in [0.717, 1.165) is 43.0 Å². The van der Waals surface area contributed by atoms with Crippen LogP contribution in [0.15, 0.2) is 0 Å². The lowest BCUT2D eigenvalue weighted by Crippen LogP contribution is -2.25. The number of hydrogen-bond acceptors (Lipinski definition) is 5. The lowest BCUT2D eigenvalue weighted by atomic mass is 9.89. The van der Waals surface area contributed by atoms with Gasteiger partial charge in [0.1, 0.15) is 17.7 Å². The van der Waals surface area contributed by atoms with E-state index in [9.17, 15) is 0 Å². The maximum absolute atomic E-state index is 6.14. The number of nitrogens with two attached hydrogens (primary N) is 1. The van der Waals surface area contributed by atoms with Crippen molar-refractivity contribution in [3.63, 3.8) is 0 Å². The molecule has 1 heterocycles. The molecule has 0 amide bonds. The minimum Gasteiger partial charge on any atom is -0.474 e. The van der Waals surface area contributed by atoms with E-state index >= 15 is 0 Å². The topological polar surface area (TPSA) is 73.1 Å². The molecule has 1 saturated carbocycles. The average Bonchev–Trinajstić information content (AvgIpc) is 2.42. The van der Waals surface area contributed by atoms with Crippen LogP contribution < -0.4 is 16.0 Å². The first-order valence-corrected chi connectivity index (χ1v) is 7.64. The third-order valence-corrected chi connectivity index (χ3v) is 3.92. The number of hydrazine groups is 1. The largest absolute Gasteiger partial charge is 0.474 e. The minimum absolute atomic E-state index is 0.271. The summed E-state index contributed by atoms with van der Waals surface area (Å²) in [5.41, 5.74) is 3.54. The van der Waals surface area contributed by atoms with Gasteiger partial charge in [0.05, 0.1) is 5.56 Å². The molecule has 1 fully saturated rings. The van der Waals surface area contributed by atoms with Crippen molar-refractivity contribution in [2.75, 3.05) is 5.43 Å². The molecule has 5 heteroatoms. The lowest BCUT2D eigenvalue weighted by molar-refractivity contribution is 0.122. The van der Waals surface area contributed by atoms with Crippen LogP contribution in [0, 0.1) is 12.8 Å². The summed E-state index contributed by atoms with van der Waals surface area (Å²) < 4.78 is 6.14. The van der Waals surface area contributed by atoms with E-state index in [1.807, 2.05) is 6.92 Å². The number of aryl methyl sites for hydroxylation is 1. The third-order valence-electron chi connectivity index (χ3n) is 3.92. The molecule has 3 N–H and O–H groups in total. The summed E-state index contributed by atoms with van der Waals surface area (Å²) in [7, 11) is 0. The summed E-state index contributed by atoms with van der Waals surface area (Å²) in [4.78, 5) is 8.98. The first-order chi connectivity index (χ1) is 9.63. The van der Waals surface area contributed by atoms with Gasteiger partial charge in [-0.3, -0.25) is 0 Å². The predicted octanol–water partition coefficient (Wildman–Crippen LogP) is 2.98. The van der Waals surface area contributed by atoms with E-state index in [1.54, 1.807) is 0 Å². The second kappa shape index (κ2) is 6.88. The Bertz CT molecular complexity index is 450. The van der Waals surface area contributed by atoms with Gasteiger partial charge in [-0.1, -0.05) is 20.3 Å². The highest BCUT2D eigenvalue weighted by Gasteiger charge is 2.22. The molecule has 1 aliphatic carbocycles. The maximum Gasteiger partial charge on any atom is 0.222 e. The molecule has 0 radical (unpaired) electrons. The Morgan fingerprint density at radius 3 is 2.80 bits per heavy atom. The van der Waals surface area contributed by atoms with Crippen molar-refractivity contribution >= 4 is 5.82 Å². The molecule has 1 aliphatic rings. The van der Waals surface area contributed by atoms with E-state index in [-0.39, 0.29) is 6.10 Å². The smallest absolute Gasteiger partial charge is 0.222 e. The Balaban J connectivity index is 2.18. The molecular weight excluding hydrogens is 252 g/mol. The third kappa shape index (κ3) is 3.60. The van der Waals surface area contributed by atoms with Crippen LogP contribution in [0.5, 0.6) is 5.88 Å². The van der Waals surface area contributed by atoms with Gasteiger partial charge in [-0.05, 0) is 38.5 Å². The number of aromatic nitrogens is 2. The van der Waals surface area contributed by atoms with Gasteiger partial charge in [0.25, 0.3) is 0 Å². The highest BCUT2D eigenvalue weighted by Crippen LogP contribution is 2.29. The average molecular weight is 278 g/mol. The van der Waals surface area contributed by atoms with Gasteiger partial charge in [-0.25, -0.2) is 10.8 Å². The Hall–Kier alpha value is -1.36. The van der Waals surface area contributed by atoms with E-state index in [0.29, 0.717) is 11.7 Å². The second-order valence-corrected chi connectivity index (χ2v) is 5.82. The normalized spacial score (nSPS) is 22.6. The van der Waals surface area contributed by atoms with Crippen LogP contribution in [0.1, 0.15) is 57.3 Å². The molecule has 2 unspecified atom stereocenters. The molecule has 1 aromatic heterocycles. The quantitative estimate of drug-likeness (QED) is 0.640. The van der Waals surface area contributed by atoms with Crippen molar-refractivity contribution in [1.82, 2.24) is 9.97 Å². The monoisotopic (exact) mass is 278 g/mol. The fraction of sp³-hybridized carbons (Fsp3) is 0.733. The van der Waals surface area contributed by atoms with Crippen molar-refractivity contribution in [1.29, 1.82) is 0 Å². The second-order valence-electron chi connectivity index (χ2n) is 5.82. The van der Waals surface area contributed by atoms with Gasteiger partial charge in [-0.15, -0.1) is 0 Å². The first-order valence-electron chi connectivity index (χ1n) is 7.64. The summed E-state index contributed by atoms with van der Waals surface area (Å²) in [6.07, 6.45) is 6.88. The molecule has 5 nitrogen and oxygen atoms in total. The molecule has 0 saturated heterocycles. The maximum atomic E-state index is 6.14. The van der Waals surface area contributed by atoms with Gasteiger partial charge in [-0.2, -0.15) is 4.98 Å². The highest BCUT2D eigenvalue weighted by atomic mass is 16.5. The van der Waals surface area contributed by atoms with Crippen LogP contribution in [0.3, 0.4) is 0 Å². The van der Waals surface area contributed by atoms with Crippen LogP contribution in [-0.4, -0.2) is 16.1 Å². The van der Waals surface area contributed by atoms with Gasteiger partial charge in [0, 0.05) is 6.42 Å². The van der Waals surface area contributed by atoms with Crippen molar-refractivity contribution in [2.45, 2.75) is 65.4 Å². The van der Waals surface area contributed by atoms with Crippen molar-refractivity contribution < 1.29 is 4.74 Å². The van der Waals surface area contributed by atoms with Gasteiger partial charge in [0.15, 0.2) is 0 Å². The number of nitrogens with one attached hydrogen (secondary N) is 1. The van der Waals surface area contributed by atoms with Crippen molar-refractivity contribution in [3.8, 4) is 5.88 Å². The number of anilines is 1. The Kier molecular flexibility index (Phi) is 5.17. The van der Waals surface area contributed by atoms with E-state index in [1.165, 1.54) is 12.8 Å². The number of hydrogen-bond donors (Lipinski definition) is 2. The molecule has 2 rings (SSSR count). The Morgan fingerprint density at radius 1 is 1.35 bits per heavy atom. The van der Waals surface area contributed by atoms with E-state index < -0.39 is 0 Å². The molecular formula is C15H26N4O. The molecule has 112 valence electrons. The zero-order valence-electron chi connectivity index (χ0n) is 12.8. The standard InChI is InChI=1S/C15H26N4O/c1-4-6-13-17-14(19-16)11(3)15(18-13)20-12-8-5-7-10(2)9-12/h10,12H,4-9,16H2,1-3H3,(H,17,18,19). The van der Waals surface area contributed by atoms with Gasteiger partial charge >= 0.3 is 0 Å². The van der Waals surface area contributed by atoms with E-state index in [2.05, 4.69) is 29.2 Å². The van der Waals surface area contributed by atoms with Gasteiger partial charge < -0.3 is 10.2 Å². The number of nitrogen functional groups attached to an aromatic ring is 1. The number of ether oxygens (including phenoxy) is 1. The van der Waals surface area contributed by atoms with Crippen LogP contribution in [0.2, 0.25) is 0 Å². The lowest BCUT2D eigenvalue weighted by Gasteiger charge is -2.27. The highest BCUT2D eigenvalue weighted by molar-refractivity contribution is 5.47. The number of rotatable bonds is 5. The summed E-state index contributed by atoms with van der Waals surface area (Å²) >= 11 is 0. The zero-order valence-corrected chi connectivity index (χ0v) is 12.8. The minimum atomic E-state index is 0.271. The Labute approximate surface area is 121 Å². The first kappa shape index (κ1) is 15.0. The summed E-state index contributed by atoms with van der Waals surface area (Å²) in [5, 5.41) is 0. The fourth-order valence-corrected chi connectivity index (χ4v) is 2.77. The molecule has 20 heavy (non-hydrogen) atoms. The molecule has 1 aromatic rings. The number of nitrogens with zero attached hydrogens (tertiary/aromatic N) is 2. The van der Waals surface area contributed by atoms with Crippen LogP contribution in [0.25, 0.3) is 0 Å². The molecule has 0 bridgehead atoms. The molecule has 0 aromatic carbocycles. The van der Waals surface area contributed by atoms with Crippen LogP contribution in [0.4, 0.5) is 5.82 Å². The SMILES string of the molecule is CCCc1nc(NN)c(C)c(OC2CCCC(C)C2)n1. The van der Waals surface area contributed by atoms with Crippen LogP contribution in [-0.2, 0) is 6.42 Å². The van der Waals surface area contributed by atoms with E-state index in [4.69, 9.17) is 10.6 Å².